The summed E-state index contributed by atoms with van der Waals surface area (Å²) in [6, 6.07) is 6.44. The van der Waals surface area contributed by atoms with Crippen molar-refractivity contribution in [3.8, 4) is 11.5 Å². The molecule has 0 bridgehead atoms. The Kier molecular flexibility index (Phi) is 7.59. The number of carbonyl (C=O) groups is 2. The topological polar surface area (TPSA) is 125 Å². The minimum absolute atomic E-state index is 0.0229. The lowest BCUT2D eigenvalue weighted by molar-refractivity contribution is -0.134. The van der Waals surface area contributed by atoms with Crippen LogP contribution in [0.3, 0.4) is 0 Å². The van der Waals surface area contributed by atoms with Crippen molar-refractivity contribution >= 4 is 33.2 Å². The number of likely N-dealkylation sites (N-methyl/N-ethyl adjacent to an activating group) is 1. The van der Waals surface area contributed by atoms with Crippen LogP contribution in [0.5, 0.6) is 11.5 Å². The highest BCUT2D eigenvalue weighted by atomic mass is 32.2. The Morgan fingerprint density at radius 1 is 1.14 bits per heavy atom. The van der Waals surface area contributed by atoms with Crippen molar-refractivity contribution in [2.45, 2.75) is 17.7 Å². The van der Waals surface area contributed by atoms with Crippen LogP contribution < -0.4 is 14.6 Å². The van der Waals surface area contributed by atoms with E-state index < -0.39 is 28.5 Å². The number of amides is 1. The van der Waals surface area contributed by atoms with E-state index in [4.69, 9.17) is 19.3 Å². The molecule has 0 radical (unpaired) electrons. The molecule has 0 unspecified atom stereocenters. The lowest BCUT2D eigenvalue weighted by Gasteiger charge is -2.21. The summed E-state index contributed by atoms with van der Waals surface area (Å²) in [4.78, 5) is 26.0. The van der Waals surface area contributed by atoms with Crippen LogP contribution in [0.4, 0.5) is 0 Å². The molecule has 0 atom stereocenters. The molecule has 1 heterocycles. The molecule has 11 heteroatoms. The fourth-order valence-electron chi connectivity index (χ4n) is 2.45. The van der Waals surface area contributed by atoms with E-state index in [0.717, 1.165) is 23.0 Å². The first kappa shape index (κ1) is 22.7. The van der Waals surface area contributed by atoms with Gasteiger partial charge in [-0.1, -0.05) is 6.07 Å². The first-order chi connectivity index (χ1) is 13.7. The number of rotatable bonds is 9. The molecule has 0 saturated heterocycles. The summed E-state index contributed by atoms with van der Waals surface area (Å²) < 4.78 is 37.9. The fourth-order valence-corrected chi connectivity index (χ4v) is 4.02. The zero-order valence-electron chi connectivity index (χ0n) is 16.2. The van der Waals surface area contributed by atoms with Crippen molar-refractivity contribution in [3.05, 3.63) is 40.8 Å². The number of hydrogen-bond acceptors (Lipinski definition) is 8. The normalized spacial score (nSPS) is 11.0. The molecule has 0 spiro atoms. The monoisotopic (exact) mass is 442 g/mol. The molecule has 0 fully saturated rings. The zero-order valence-corrected chi connectivity index (χ0v) is 17.8. The number of thiophene rings is 1. The highest BCUT2D eigenvalue weighted by Crippen LogP contribution is 2.28. The number of primary sulfonamides is 1. The molecular weight excluding hydrogens is 420 g/mol. The van der Waals surface area contributed by atoms with E-state index in [1.807, 2.05) is 6.07 Å². The van der Waals surface area contributed by atoms with Crippen LogP contribution in [0.15, 0.2) is 33.9 Å². The second-order valence-corrected chi connectivity index (χ2v) is 8.57. The van der Waals surface area contributed by atoms with Gasteiger partial charge in [-0.3, -0.25) is 4.79 Å². The van der Waals surface area contributed by atoms with E-state index in [-0.39, 0.29) is 9.77 Å². The molecule has 9 nitrogen and oxygen atoms in total. The van der Waals surface area contributed by atoms with Crippen molar-refractivity contribution in [3.63, 3.8) is 0 Å². The van der Waals surface area contributed by atoms with E-state index in [0.29, 0.717) is 24.6 Å². The lowest BCUT2D eigenvalue weighted by atomic mass is 10.2. The average Bonchev–Trinajstić information content (AvgIpc) is 3.20. The van der Waals surface area contributed by atoms with Crippen LogP contribution >= 0.6 is 11.3 Å². The van der Waals surface area contributed by atoms with Crippen LogP contribution in [0.1, 0.15) is 22.8 Å². The average molecular weight is 443 g/mol. The van der Waals surface area contributed by atoms with Crippen molar-refractivity contribution < 1.29 is 32.2 Å². The van der Waals surface area contributed by atoms with Gasteiger partial charge in [-0.25, -0.2) is 18.4 Å². The summed E-state index contributed by atoms with van der Waals surface area (Å²) in [5.74, 6) is -0.0681. The summed E-state index contributed by atoms with van der Waals surface area (Å²) >= 11 is 0.807. The van der Waals surface area contributed by atoms with E-state index in [1.165, 1.54) is 24.5 Å². The van der Waals surface area contributed by atoms with Crippen molar-refractivity contribution in [2.24, 2.45) is 5.14 Å². The second kappa shape index (κ2) is 9.72. The Hall–Kier alpha value is -2.63. The third-order valence-electron chi connectivity index (χ3n) is 3.97. The second-order valence-electron chi connectivity index (χ2n) is 5.87. The van der Waals surface area contributed by atoms with Gasteiger partial charge in [0.15, 0.2) is 18.1 Å². The highest BCUT2D eigenvalue weighted by molar-refractivity contribution is 7.91. The van der Waals surface area contributed by atoms with Gasteiger partial charge >= 0.3 is 5.97 Å². The van der Waals surface area contributed by atoms with Gasteiger partial charge in [-0.15, -0.1) is 11.3 Å². The number of nitrogens with two attached hydrogens (primary N) is 1. The minimum atomic E-state index is -3.89. The molecule has 2 rings (SSSR count). The van der Waals surface area contributed by atoms with Gasteiger partial charge in [0.25, 0.3) is 5.91 Å². The summed E-state index contributed by atoms with van der Waals surface area (Å²) in [6.45, 7) is 2.03. The number of methoxy groups -OCH3 is 2. The fraction of sp³-hybridized carbons (Fsp3) is 0.333. The number of ether oxygens (including phenoxy) is 3. The Morgan fingerprint density at radius 2 is 1.83 bits per heavy atom. The molecule has 29 heavy (non-hydrogen) atoms. The van der Waals surface area contributed by atoms with Gasteiger partial charge in [0.05, 0.1) is 19.8 Å². The van der Waals surface area contributed by atoms with E-state index in [9.17, 15) is 18.0 Å². The molecule has 1 aromatic carbocycles. The molecule has 1 amide bonds. The molecule has 2 N–H and O–H groups in total. The Labute approximate surface area is 173 Å². The Balaban J connectivity index is 1.99. The molecular formula is C18H22N2O7S2. The number of nitrogens with zero attached hydrogens (tertiary/aromatic N) is 1. The quantitative estimate of drug-likeness (QED) is 0.585. The summed E-state index contributed by atoms with van der Waals surface area (Å²) in [5.41, 5.74) is 0.842. The predicted octanol–water partition coefficient (Wildman–Crippen LogP) is 1.62. The van der Waals surface area contributed by atoms with Crippen LogP contribution in [0.25, 0.3) is 0 Å². The van der Waals surface area contributed by atoms with E-state index >= 15 is 0 Å². The molecule has 2 aromatic rings. The summed E-state index contributed by atoms with van der Waals surface area (Å²) in [6.07, 6.45) is 0. The van der Waals surface area contributed by atoms with Gasteiger partial charge in [-0.05, 0) is 30.7 Å². The van der Waals surface area contributed by atoms with Crippen LogP contribution in [-0.2, 0) is 26.1 Å². The Bertz CT molecular complexity index is 986. The first-order valence-electron chi connectivity index (χ1n) is 8.46. The molecule has 158 valence electrons. The van der Waals surface area contributed by atoms with Crippen LogP contribution in [0.2, 0.25) is 0 Å². The SMILES string of the molecule is CCN(Cc1ccc(OC)c(OC)c1)C(=O)COC(=O)c1csc(S(N)(=O)=O)c1. The minimum Gasteiger partial charge on any atom is -0.493 e. The molecule has 0 aliphatic rings. The third kappa shape index (κ3) is 5.92. The maximum Gasteiger partial charge on any atom is 0.339 e. The summed E-state index contributed by atoms with van der Waals surface area (Å²) in [7, 11) is -0.835. The standard InChI is InChI=1S/C18H22N2O7S2/c1-4-20(9-12-5-6-14(25-2)15(7-12)26-3)16(21)10-27-18(22)13-8-17(28-11-13)29(19,23)24/h5-8,11H,4,9-10H2,1-3H3,(H2,19,23,24). The van der Waals surface area contributed by atoms with Gasteiger partial charge in [-0.2, -0.15) is 0 Å². The molecule has 0 aliphatic heterocycles. The summed E-state index contributed by atoms with van der Waals surface area (Å²) in [5, 5.41) is 6.33. The number of benzene rings is 1. The zero-order chi connectivity index (χ0) is 21.6. The molecule has 1 aromatic heterocycles. The van der Waals surface area contributed by atoms with Gasteiger partial charge in [0.1, 0.15) is 4.21 Å². The largest absolute Gasteiger partial charge is 0.493 e. The molecule has 0 aliphatic carbocycles. The highest BCUT2D eigenvalue weighted by Gasteiger charge is 2.19. The number of sulfonamides is 1. The lowest BCUT2D eigenvalue weighted by Crippen LogP contribution is -2.34. The van der Waals surface area contributed by atoms with Gasteiger partial charge < -0.3 is 19.1 Å². The van der Waals surface area contributed by atoms with Crippen molar-refractivity contribution in [1.82, 2.24) is 4.90 Å². The van der Waals surface area contributed by atoms with E-state index in [2.05, 4.69) is 0 Å². The van der Waals surface area contributed by atoms with Crippen LogP contribution in [-0.4, -0.2) is 52.6 Å². The van der Waals surface area contributed by atoms with Crippen molar-refractivity contribution in [1.29, 1.82) is 0 Å². The molecule has 0 saturated carbocycles. The number of hydrogen-bond donors (Lipinski definition) is 1. The third-order valence-corrected chi connectivity index (χ3v) is 6.36. The smallest absolute Gasteiger partial charge is 0.339 e. The first-order valence-corrected chi connectivity index (χ1v) is 10.9. The maximum absolute atomic E-state index is 12.4. The predicted molar refractivity (Wildman–Crippen MR) is 107 cm³/mol. The van der Waals surface area contributed by atoms with Gasteiger partial charge in [0.2, 0.25) is 10.0 Å². The van der Waals surface area contributed by atoms with Crippen molar-refractivity contribution in [2.75, 3.05) is 27.4 Å². The van der Waals surface area contributed by atoms with Crippen LogP contribution in [0, 0.1) is 0 Å². The van der Waals surface area contributed by atoms with Gasteiger partial charge in [0, 0.05) is 18.5 Å². The Morgan fingerprint density at radius 3 is 2.38 bits per heavy atom. The maximum atomic E-state index is 12.4. The number of carbonyl (C=O) groups excluding carboxylic acids is 2. The van der Waals surface area contributed by atoms with E-state index in [1.54, 1.807) is 19.1 Å². The number of esters is 1.